The molecule has 1 heterocycles. The van der Waals surface area contributed by atoms with Gasteiger partial charge in [-0.3, -0.25) is 0 Å². The maximum absolute atomic E-state index is 13.1. The molecule has 0 spiro atoms. The van der Waals surface area contributed by atoms with Crippen molar-refractivity contribution in [3.8, 4) is 5.75 Å². The summed E-state index contributed by atoms with van der Waals surface area (Å²) in [4.78, 5) is 0. The van der Waals surface area contributed by atoms with E-state index in [1.165, 1.54) is 6.07 Å². The highest BCUT2D eigenvalue weighted by atomic mass is 19.1. The average molecular weight is 166 g/mol. The molecule has 1 unspecified atom stereocenters. The maximum atomic E-state index is 13.1. The van der Waals surface area contributed by atoms with Gasteiger partial charge in [0, 0.05) is 0 Å². The van der Waals surface area contributed by atoms with Crippen LogP contribution in [0.25, 0.3) is 0 Å². The van der Waals surface area contributed by atoms with E-state index in [2.05, 4.69) is 0 Å². The summed E-state index contributed by atoms with van der Waals surface area (Å²) in [5.41, 5.74) is 0.994. The number of fused-ring (bicyclic) bond motifs is 1. The second-order valence-corrected chi connectivity index (χ2v) is 3.20. The Bertz CT molecular complexity index is 296. The van der Waals surface area contributed by atoms with Crippen LogP contribution in [0.2, 0.25) is 0 Å². The van der Waals surface area contributed by atoms with Crippen LogP contribution in [-0.4, -0.2) is 6.10 Å². The van der Waals surface area contributed by atoms with Gasteiger partial charge in [0.2, 0.25) is 0 Å². The second-order valence-electron chi connectivity index (χ2n) is 3.20. The third-order valence-corrected chi connectivity index (χ3v) is 2.19. The van der Waals surface area contributed by atoms with Crippen molar-refractivity contribution in [1.82, 2.24) is 0 Å². The zero-order valence-corrected chi connectivity index (χ0v) is 7.01. The molecule has 1 nitrogen and oxygen atoms in total. The van der Waals surface area contributed by atoms with Crippen molar-refractivity contribution in [2.75, 3.05) is 0 Å². The highest BCUT2D eigenvalue weighted by Crippen LogP contribution is 2.29. The maximum Gasteiger partial charge on any atom is 0.165 e. The third-order valence-electron chi connectivity index (χ3n) is 2.19. The lowest BCUT2D eigenvalue weighted by molar-refractivity contribution is 0.183. The van der Waals surface area contributed by atoms with Crippen LogP contribution in [0.1, 0.15) is 18.9 Å². The molecule has 0 aromatic heterocycles. The topological polar surface area (TPSA) is 9.23 Å². The molecule has 0 amide bonds. The summed E-state index contributed by atoms with van der Waals surface area (Å²) >= 11 is 0. The molecule has 12 heavy (non-hydrogen) atoms. The van der Waals surface area contributed by atoms with Crippen molar-refractivity contribution in [3.63, 3.8) is 0 Å². The Labute approximate surface area is 71.2 Å². The lowest BCUT2D eigenvalue weighted by atomic mass is 10.0. The second kappa shape index (κ2) is 2.77. The van der Waals surface area contributed by atoms with E-state index in [1.54, 1.807) is 6.07 Å². The molecular formula is C10H11FO. The number of para-hydroxylation sites is 1. The Morgan fingerprint density at radius 3 is 3.17 bits per heavy atom. The number of hydrogen-bond acceptors (Lipinski definition) is 1. The molecule has 0 radical (unpaired) electrons. The van der Waals surface area contributed by atoms with Gasteiger partial charge in [-0.05, 0) is 31.4 Å². The van der Waals surface area contributed by atoms with Gasteiger partial charge < -0.3 is 4.74 Å². The summed E-state index contributed by atoms with van der Waals surface area (Å²) in [6.07, 6.45) is 2.06. The molecule has 2 rings (SSSR count). The van der Waals surface area contributed by atoms with E-state index in [0.29, 0.717) is 5.75 Å². The van der Waals surface area contributed by atoms with E-state index in [4.69, 9.17) is 4.74 Å². The molecule has 0 aliphatic carbocycles. The molecule has 0 N–H and O–H groups in total. The molecule has 0 bridgehead atoms. The first-order valence-electron chi connectivity index (χ1n) is 4.21. The number of benzene rings is 1. The molecule has 0 saturated carbocycles. The Morgan fingerprint density at radius 1 is 1.50 bits per heavy atom. The smallest absolute Gasteiger partial charge is 0.165 e. The minimum atomic E-state index is -0.237. The van der Waals surface area contributed by atoms with E-state index >= 15 is 0 Å². The van der Waals surface area contributed by atoms with Crippen molar-refractivity contribution < 1.29 is 9.13 Å². The number of rotatable bonds is 0. The van der Waals surface area contributed by atoms with Crippen molar-refractivity contribution in [2.24, 2.45) is 0 Å². The molecule has 1 atom stereocenters. The van der Waals surface area contributed by atoms with E-state index < -0.39 is 0 Å². The molecule has 1 aromatic carbocycles. The monoisotopic (exact) mass is 166 g/mol. The van der Waals surface area contributed by atoms with Crippen LogP contribution in [0.5, 0.6) is 5.75 Å². The van der Waals surface area contributed by atoms with Gasteiger partial charge in [-0.25, -0.2) is 4.39 Å². The predicted octanol–water partition coefficient (Wildman–Crippen LogP) is 2.54. The number of aryl methyl sites for hydroxylation is 1. The molecular weight excluding hydrogens is 155 g/mol. The molecule has 1 aliphatic rings. The largest absolute Gasteiger partial charge is 0.487 e. The summed E-state index contributed by atoms with van der Waals surface area (Å²) < 4.78 is 18.5. The Hall–Kier alpha value is -1.05. The number of ether oxygens (including phenoxy) is 1. The van der Waals surface area contributed by atoms with Crippen LogP contribution < -0.4 is 4.74 Å². The van der Waals surface area contributed by atoms with Crippen LogP contribution in [0.4, 0.5) is 4.39 Å². The third kappa shape index (κ3) is 1.17. The standard InChI is InChI=1S/C10H11FO/c1-7-5-6-8-3-2-4-9(11)10(8)12-7/h2-4,7H,5-6H2,1H3. The van der Waals surface area contributed by atoms with Crippen LogP contribution >= 0.6 is 0 Å². The Morgan fingerprint density at radius 2 is 2.33 bits per heavy atom. The van der Waals surface area contributed by atoms with E-state index in [0.717, 1.165) is 18.4 Å². The zero-order valence-electron chi connectivity index (χ0n) is 7.01. The van der Waals surface area contributed by atoms with Crippen molar-refractivity contribution in [1.29, 1.82) is 0 Å². The molecule has 2 heteroatoms. The van der Waals surface area contributed by atoms with Crippen molar-refractivity contribution in [2.45, 2.75) is 25.9 Å². The summed E-state index contributed by atoms with van der Waals surface area (Å²) in [5.74, 6) is 0.218. The van der Waals surface area contributed by atoms with E-state index in [-0.39, 0.29) is 11.9 Å². The fourth-order valence-electron chi connectivity index (χ4n) is 1.50. The van der Waals surface area contributed by atoms with Crippen LogP contribution in [-0.2, 0) is 6.42 Å². The molecule has 1 aromatic rings. The number of hydrogen-bond donors (Lipinski definition) is 0. The van der Waals surface area contributed by atoms with E-state index in [9.17, 15) is 4.39 Å². The van der Waals surface area contributed by atoms with Gasteiger partial charge in [-0.1, -0.05) is 12.1 Å². The highest BCUT2D eigenvalue weighted by molar-refractivity contribution is 5.36. The molecule has 0 fully saturated rings. The quantitative estimate of drug-likeness (QED) is 0.575. The van der Waals surface area contributed by atoms with E-state index in [1.807, 2.05) is 13.0 Å². The summed E-state index contributed by atoms with van der Waals surface area (Å²) in [6.45, 7) is 1.97. The molecule has 0 saturated heterocycles. The van der Waals surface area contributed by atoms with Gasteiger partial charge in [0.15, 0.2) is 11.6 Å². The lowest BCUT2D eigenvalue weighted by Gasteiger charge is -2.23. The first-order chi connectivity index (χ1) is 5.77. The molecule has 1 aliphatic heterocycles. The van der Waals surface area contributed by atoms with Gasteiger partial charge in [0.1, 0.15) is 0 Å². The lowest BCUT2D eigenvalue weighted by Crippen LogP contribution is -2.19. The first-order valence-corrected chi connectivity index (χ1v) is 4.21. The molecule has 64 valence electrons. The fraction of sp³-hybridized carbons (Fsp3) is 0.400. The zero-order chi connectivity index (χ0) is 8.55. The van der Waals surface area contributed by atoms with Gasteiger partial charge in [0.25, 0.3) is 0 Å². The van der Waals surface area contributed by atoms with Gasteiger partial charge in [-0.15, -0.1) is 0 Å². The predicted molar refractivity (Wildman–Crippen MR) is 44.8 cm³/mol. The van der Waals surface area contributed by atoms with Crippen molar-refractivity contribution >= 4 is 0 Å². The van der Waals surface area contributed by atoms with Gasteiger partial charge in [0.05, 0.1) is 6.10 Å². The SMILES string of the molecule is CC1CCc2cccc(F)c2O1. The van der Waals surface area contributed by atoms with Crippen LogP contribution in [0, 0.1) is 5.82 Å². The average Bonchev–Trinajstić information content (AvgIpc) is 2.07. The Balaban J connectivity index is 2.43. The summed E-state index contributed by atoms with van der Waals surface area (Å²) in [7, 11) is 0. The van der Waals surface area contributed by atoms with Crippen molar-refractivity contribution in [3.05, 3.63) is 29.6 Å². The highest BCUT2D eigenvalue weighted by Gasteiger charge is 2.18. The van der Waals surface area contributed by atoms with Gasteiger partial charge in [-0.2, -0.15) is 0 Å². The first kappa shape index (κ1) is 7.59. The van der Waals surface area contributed by atoms with Crippen LogP contribution in [0.15, 0.2) is 18.2 Å². The summed E-state index contributed by atoms with van der Waals surface area (Å²) in [5, 5.41) is 0. The fourth-order valence-corrected chi connectivity index (χ4v) is 1.50. The minimum absolute atomic E-state index is 0.148. The van der Waals surface area contributed by atoms with Gasteiger partial charge >= 0.3 is 0 Å². The van der Waals surface area contributed by atoms with Crippen LogP contribution in [0.3, 0.4) is 0 Å². The Kier molecular flexibility index (Phi) is 1.75. The normalized spacial score (nSPS) is 21.3. The summed E-state index contributed by atoms with van der Waals surface area (Å²) in [6, 6.07) is 5.09. The minimum Gasteiger partial charge on any atom is -0.487 e. The number of halogens is 1.